The quantitative estimate of drug-likeness (QED) is 0.898. The van der Waals surface area contributed by atoms with Gasteiger partial charge in [-0.15, -0.1) is 0 Å². The molecule has 1 fully saturated rings. The van der Waals surface area contributed by atoms with E-state index in [1.165, 1.54) is 24.1 Å². The van der Waals surface area contributed by atoms with Gasteiger partial charge in [-0.05, 0) is 37.9 Å². The second-order valence-electron chi connectivity index (χ2n) is 4.84. The molecule has 3 heterocycles. The molecule has 0 spiro atoms. The van der Waals surface area contributed by atoms with Crippen molar-refractivity contribution in [1.29, 1.82) is 0 Å². The lowest BCUT2D eigenvalue weighted by molar-refractivity contribution is 0.538. The third-order valence-electron chi connectivity index (χ3n) is 3.70. The van der Waals surface area contributed by atoms with Gasteiger partial charge in [0.1, 0.15) is 0 Å². The van der Waals surface area contributed by atoms with Crippen LogP contribution in [0, 0.1) is 0 Å². The number of hydrogen-bond donors (Lipinski definition) is 1. The Kier molecular flexibility index (Phi) is 3.11. The second kappa shape index (κ2) is 4.90. The molecule has 2 unspecified atom stereocenters. The summed E-state index contributed by atoms with van der Waals surface area (Å²) in [5, 5.41) is 3.53. The van der Waals surface area contributed by atoms with E-state index in [1.54, 1.807) is 0 Å². The van der Waals surface area contributed by atoms with E-state index in [-0.39, 0.29) is 6.04 Å². The second-order valence-corrected chi connectivity index (χ2v) is 4.84. The molecular weight excluding hydrogens is 224 g/mol. The molecule has 0 amide bonds. The fourth-order valence-electron chi connectivity index (χ4n) is 2.63. The van der Waals surface area contributed by atoms with Crippen molar-refractivity contribution in [3.8, 4) is 0 Å². The summed E-state index contributed by atoms with van der Waals surface area (Å²) < 4.78 is 2.25. The summed E-state index contributed by atoms with van der Waals surface area (Å²) in [5.41, 5.74) is 2.50. The first-order chi connectivity index (χ1) is 8.86. The van der Waals surface area contributed by atoms with Crippen molar-refractivity contribution in [3.63, 3.8) is 0 Å². The van der Waals surface area contributed by atoms with Crippen molar-refractivity contribution < 1.29 is 0 Å². The van der Waals surface area contributed by atoms with Gasteiger partial charge in [0.25, 0.3) is 0 Å². The van der Waals surface area contributed by atoms with Crippen LogP contribution in [0.15, 0.2) is 37.1 Å². The maximum absolute atomic E-state index is 4.32. The molecule has 3 rings (SSSR count). The summed E-state index contributed by atoms with van der Waals surface area (Å²) in [6.45, 7) is 3.30. The first-order valence-electron chi connectivity index (χ1n) is 6.51. The Morgan fingerprint density at radius 1 is 1.39 bits per heavy atom. The average molecular weight is 242 g/mol. The van der Waals surface area contributed by atoms with E-state index in [0.717, 1.165) is 6.54 Å². The molecule has 1 aliphatic heterocycles. The lowest BCUT2D eigenvalue weighted by Crippen LogP contribution is -2.19. The third-order valence-corrected chi connectivity index (χ3v) is 3.70. The topological polar surface area (TPSA) is 42.7 Å². The molecule has 1 N–H and O–H groups in total. The minimum Gasteiger partial charge on any atom is -0.326 e. The first-order valence-corrected chi connectivity index (χ1v) is 6.51. The van der Waals surface area contributed by atoms with Gasteiger partial charge in [-0.2, -0.15) is 0 Å². The van der Waals surface area contributed by atoms with Crippen molar-refractivity contribution in [2.24, 2.45) is 0 Å². The van der Waals surface area contributed by atoms with Gasteiger partial charge in [0.15, 0.2) is 0 Å². The highest BCUT2D eigenvalue weighted by atomic mass is 15.1. The zero-order chi connectivity index (χ0) is 12.4. The first kappa shape index (κ1) is 11.4. The highest BCUT2D eigenvalue weighted by Crippen LogP contribution is 2.27. The Morgan fingerprint density at radius 2 is 2.33 bits per heavy atom. The van der Waals surface area contributed by atoms with Crippen molar-refractivity contribution >= 4 is 0 Å². The number of nitrogens with zero attached hydrogens (tertiary/aromatic N) is 3. The van der Waals surface area contributed by atoms with Crippen molar-refractivity contribution in [1.82, 2.24) is 19.9 Å². The molecule has 94 valence electrons. The Morgan fingerprint density at radius 3 is 3.06 bits per heavy atom. The smallest absolute Gasteiger partial charge is 0.0954 e. The van der Waals surface area contributed by atoms with E-state index in [1.807, 2.05) is 31.0 Å². The number of hydrogen-bond acceptors (Lipinski definition) is 3. The minimum absolute atomic E-state index is 0.276. The lowest BCUT2D eigenvalue weighted by Gasteiger charge is -2.20. The molecule has 0 aromatic carbocycles. The standard InChI is InChI=1S/C14H18N4/c1-11(12-4-2-6-15-8-12)18-10-16-9-14(18)13-5-3-7-17-13/h2,4,6,8-11,13,17H,3,5,7H2,1H3. The van der Waals surface area contributed by atoms with Gasteiger partial charge >= 0.3 is 0 Å². The fraction of sp³-hybridized carbons (Fsp3) is 0.429. The van der Waals surface area contributed by atoms with Crippen LogP contribution in [0.25, 0.3) is 0 Å². The molecule has 0 bridgehead atoms. The highest BCUT2D eigenvalue weighted by Gasteiger charge is 2.22. The minimum atomic E-state index is 0.276. The van der Waals surface area contributed by atoms with E-state index in [9.17, 15) is 0 Å². The number of nitrogens with one attached hydrogen (secondary N) is 1. The van der Waals surface area contributed by atoms with E-state index in [2.05, 4.69) is 32.8 Å². The molecule has 4 heteroatoms. The lowest BCUT2D eigenvalue weighted by atomic mass is 10.1. The number of aromatic nitrogens is 3. The molecule has 1 saturated heterocycles. The molecule has 2 aromatic rings. The Bertz CT molecular complexity index is 500. The predicted molar refractivity (Wildman–Crippen MR) is 70.3 cm³/mol. The van der Waals surface area contributed by atoms with Gasteiger partial charge in [-0.3, -0.25) is 4.98 Å². The summed E-state index contributed by atoms with van der Waals surface area (Å²) in [5.74, 6) is 0. The van der Waals surface area contributed by atoms with Crippen LogP contribution in [0.4, 0.5) is 0 Å². The normalized spacial score (nSPS) is 21.1. The average Bonchev–Trinajstić information content (AvgIpc) is 3.09. The number of rotatable bonds is 3. The molecular formula is C14H18N4. The van der Waals surface area contributed by atoms with Gasteiger partial charge in [0, 0.05) is 24.6 Å². The van der Waals surface area contributed by atoms with Gasteiger partial charge < -0.3 is 9.88 Å². The monoisotopic (exact) mass is 242 g/mol. The Hall–Kier alpha value is -1.68. The van der Waals surface area contributed by atoms with Crippen molar-refractivity contribution in [2.45, 2.75) is 31.8 Å². The van der Waals surface area contributed by atoms with Crippen LogP contribution in [0.5, 0.6) is 0 Å². The highest BCUT2D eigenvalue weighted by molar-refractivity contribution is 5.18. The third kappa shape index (κ3) is 2.04. The largest absolute Gasteiger partial charge is 0.326 e. The molecule has 2 aromatic heterocycles. The van der Waals surface area contributed by atoms with Gasteiger partial charge in [-0.25, -0.2) is 4.98 Å². The van der Waals surface area contributed by atoms with Gasteiger partial charge in [0.05, 0.1) is 18.1 Å². The molecule has 0 radical (unpaired) electrons. The molecule has 0 saturated carbocycles. The zero-order valence-corrected chi connectivity index (χ0v) is 10.6. The number of imidazole rings is 1. The Balaban J connectivity index is 1.90. The van der Waals surface area contributed by atoms with Crippen LogP contribution < -0.4 is 5.32 Å². The van der Waals surface area contributed by atoms with Crippen LogP contribution in [0.3, 0.4) is 0 Å². The maximum Gasteiger partial charge on any atom is 0.0954 e. The summed E-state index contributed by atoms with van der Waals surface area (Å²) in [7, 11) is 0. The molecule has 2 atom stereocenters. The maximum atomic E-state index is 4.32. The van der Waals surface area contributed by atoms with Crippen molar-refractivity contribution in [2.75, 3.05) is 6.54 Å². The summed E-state index contributed by atoms with van der Waals surface area (Å²) >= 11 is 0. The van der Waals surface area contributed by atoms with Crippen LogP contribution in [-0.2, 0) is 0 Å². The van der Waals surface area contributed by atoms with Gasteiger partial charge in [-0.1, -0.05) is 6.07 Å². The zero-order valence-electron chi connectivity index (χ0n) is 10.6. The number of pyridine rings is 1. The molecule has 4 nitrogen and oxygen atoms in total. The summed E-state index contributed by atoms with van der Waals surface area (Å²) in [6, 6.07) is 4.82. The predicted octanol–water partition coefficient (Wildman–Crippen LogP) is 2.31. The van der Waals surface area contributed by atoms with Crippen LogP contribution in [0.1, 0.15) is 43.1 Å². The van der Waals surface area contributed by atoms with Crippen LogP contribution >= 0.6 is 0 Å². The van der Waals surface area contributed by atoms with E-state index in [0.29, 0.717) is 6.04 Å². The van der Waals surface area contributed by atoms with Gasteiger partial charge in [0.2, 0.25) is 0 Å². The van der Waals surface area contributed by atoms with Crippen LogP contribution in [0.2, 0.25) is 0 Å². The molecule has 1 aliphatic rings. The van der Waals surface area contributed by atoms with E-state index in [4.69, 9.17) is 0 Å². The van der Waals surface area contributed by atoms with E-state index >= 15 is 0 Å². The van der Waals surface area contributed by atoms with Crippen LogP contribution in [-0.4, -0.2) is 21.1 Å². The SMILES string of the molecule is CC(c1cccnc1)n1cncc1C1CCCN1. The fourth-order valence-corrected chi connectivity index (χ4v) is 2.63. The Labute approximate surface area is 107 Å². The summed E-state index contributed by atoms with van der Waals surface area (Å²) in [4.78, 5) is 8.51. The summed E-state index contributed by atoms with van der Waals surface area (Å²) in [6.07, 6.45) is 10.1. The van der Waals surface area contributed by atoms with E-state index < -0.39 is 0 Å². The molecule has 18 heavy (non-hydrogen) atoms. The molecule has 0 aliphatic carbocycles. The van der Waals surface area contributed by atoms with Crippen molar-refractivity contribution in [3.05, 3.63) is 48.3 Å².